The summed E-state index contributed by atoms with van der Waals surface area (Å²) in [7, 11) is 1.89. The SMILES string of the molecule is Cn1ccc2c(C(=O)O)ccc(Br)c21. The highest BCUT2D eigenvalue weighted by Crippen LogP contribution is 2.27. The van der Waals surface area contributed by atoms with Gasteiger partial charge in [0.15, 0.2) is 0 Å². The number of nitrogens with zero attached hydrogens (tertiary/aromatic N) is 1. The lowest BCUT2D eigenvalue weighted by atomic mass is 10.1. The van der Waals surface area contributed by atoms with Crippen LogP contribution in [0.15, 0.2) is 28.9 Å². The smallest absolute Gasteiger partial charge is 0.336 e. The van der Waals surface area contributed by atoms with Crippen molar-refractivity contribution in [2.45, 2.75) is 0 Å². The molecular formula is C10H8BrNO2. The molecule has 3 nitrogen and oxygen atoms in total. The molecule has 72 valence electrons. The molecule has 0 saturated carbocycles. The number of carbonyl (C=O) groups is 1. The van der Waals surface area contributed by atoms with Gasteiger partial charge in [0.1, 0.15) is 0 Å². The number of rotatable bonds is 1. The number of carboxylic acid groups (broad SMARTS) is 1. The minimum atomic E-state index is -0.895. The van der Waals surface area contributed by atoms with E-state index in [2.05, 4.69) is 15.9 Å². The standard InChI is InChI=1S/C10H8BrNO2/c1-12-5-4-6-7(10(13)14)2-3-8(11)9(6)12/h2-5H,1H3,(H,13,14). The summed E-state index contributed by atoms with van der Waals surface area (Å²) in [6.45, 7) is 0. The highest BCUT2D eigenvalue weighted by Gasteiger charge is 2.12. The van der Waals surface area contributed by atoms with Crippen molar-refractivity contribution in [1.29, 1.82) is 0 Å². The fourth-order valence-corrected chi connectivity index (χ4v) is 2.18. The van der Waals surface area contributed by atoms with E-state index in [1.165, 1.54) is 0 Å². The molecule has 14 heavy (non-hydrogen) atoms. The second kappa shape index (κ2) is 3.13. The van der Waals surface area contributed by atoms with Crippen molar-refractivity contribution in [3.63, 3.8) is 0 Å². The Morgan fingerprint density at radius 1 is 1.43 bits per heavy atom. The summed E-state index contributed by atoms with van der Waals surface area (Å²) in [5.74, 6) is -0.895. The molecule has 1 aromatic carbocycles. The number of hydrogen-bond acceptors (Lipinski definition) is 1. The lowest BCUT2D eigenvalue weighted by Crippen LogP contribution is -1.97. The molecule has 1 aromatic heterocycles. The second-order valence-corrected chi connectivity index (χ2v) is 3.94. The molecule has 1 N–H and O–H groups in total. The van der Waals surface area contributed by atoms with Crippen molar-refractivity contribution in [2.24, 2.45) is 7.05 Å². The van der Waals surface area contributed by atoms with Gasteiger partial charge in [0.2, 0.25) is 0 Å². The van der Waals surface area contributed by atoms with E-state index < -0.39 is 5.97 Å². The minimum absolute atomic E-state index is 0.337. The summed E-state index contributed by atoms with van der Waals surface area (Å²) >= 11 is 3.40. The Kier molecular flexibility index (Phi) is 2.07. The number of aryl methyl sites for hydroxylation is 1. The molecule has 0 radical (unpaired) electrons. The first-order chi connectivity index (χ1) is 6.61. The Bertz CT molecular complexity index is 516. The van der Waals surface area contributed by atoms with Gasteiger partial charge in [-0.25, -0.2) is 4.79 Å². The normalized spacial score (nSPS) is 10.7. The summed E-state index contributed by atoms with van der Waals surface area (Å²) in [6.07, 6.45) is 1.85. The number of aromatic carboxylic acids is 1. The fraction of sp³-hybridized carbons (Fsp3) is 0.100. The van der Waals surface area contributed by atoms with Crippen LogP contribution < -0.4 is 0 Å². The van der Waals surface area contributed by atoms with E-state index in [1.807, 2.05) is 23.9 Å². The van der Waals surface area contributed by atoms with Crippen LogP contribution in [0.5, 0.6) is 0 Å². The third kappa shape index (κ3) is 1.23. The average Bonchev–Trinajstić information content (AvgIpc) is 2.49. The van der Waals surface area contributed by atoms with Gasteiger partial charge in [-0.05, 0) is 34.1 Å². The topological polar surface area (TPSA) is 42.2 Å². The Morgan fingerprint density at radius 3 is 2.79 bits per heavy atom. The summed E-state index contributed by atoms with van der Waals surface area (Å²) in [6, 6.07) is 5.17. The highest BCUT2D eigenvalue weighted by molar-refractivity contribution is 9.10. The molecule has 2 aromatic rings. The summed E-state index contributed by atoms with van der Waals surface area (Å²) < 4.78 is 2.80. The molecule has 0 aliphatic heterocycles. The van der Waals surface area contributed by atoms with Crippen molar-refractivity contribution in [3.8, 4) is 0 Å². The van der Waals surface area contributed by atoms with Gasteiger partial charge in [-0.2, -0.15) is 0 Å². The molecule has 0 unspecified atom stereocenters. The molecule has 0 bridgehead atoms. The maximum atomic E-state index is 10.9. The van der Waals surface area contributed by atoms with Crippen molar-refractivity contribution in [3.05, 3.63) is 34.4 Å². The second-order valence-electron chi connectivity index (χ2n) is 3.09. The molecule has 0 spiro atoms. The molecule has 4 heteroatoms. The molecule has 0 atom stereocenters. The van der Waals surface area contributed by atoms with Crippen molar-refractivity contribution < 1.29 is 9.90 Å². The van der Waals surface area contributed by atoms with E-state index in [1.54, 1.807) is 12.1 Å². The van der Waals surface area contributed by atoms with Gasteiger partial charge in [-0.3, -0.25) is 0 Å². The van der Waals surface area contributed by atoms with Crippen LogP contribution in [-0.2, 0) is 7.05 Å². The Balaban J connectivity index is 2.90. The van der Waals surface area contributed by atoms with Crippen molar-refractivity contribution >= 4 is 32.8 Å². The first kappa shape index (κ1) is 9.27. The van der Waals surface area contributed by atoms with E-state index in [9.17, 15) is 4.79 Å². The number of carboxylic acids is 1. The first-order valence-corrected chi connectivity index (χ1v) is 4.87. The first-order valence-electron chi connectivity index (χ1n) is 4.08. The third-order valence-corrected chi connectivity index (χ3v) is 2.86. The van der Waals surface area contributed by atoms with Crippen LogP contribution in [0.4, 0.5) is 0 Å². The lowest BCUT2D eigenvalue weighted by molar-refractivity contribution is 0.0699. The Labute approximate surface area is 89.1 Å². The van der Waals surface area contributed by atoms with Crippen LogP contribution >= 0.6 is 15.9 Å². The summed E-state index contributed by atoms with van der Waals surface area (Å²) in [5, 5.41) is 9.72. The maximum Gasteiger partial charge on any atom is 0.336 e. The number of halogens is 1. The maximum absolute atomic E-state index is 10.9. The Hall–Kier alpha value is -1.29. The van der Waals surface area contributed by atoms with Crippen LogP contribution in [0.3, 0.4) is 0 Å². The van der Waals surface area contributed by atoms with Gasteiger partial charge in [-0.1, -0.05) is 0 Å². The molecular weight excluding hydrogens is 246 g/mol. The zero-order valence-corrected chi connectivity index (χ0v) is 9.08. The molecule has 2 rings (SSSR count). The summed E-state index contributed by atoms with van der Waals surface area (Å²) in [4.78, 5) is 10.9. The quantitative estimate of drug-likeness (QED) is 0.849. The van der Waals surface area contributed by atoms with E-state index in [0.717, 1.165) is 15.4 Å². The molecule has 0 aliphatic rings. The predicted molar refractivity (Wildman–Crippen MR) is 57.6 cm³/mol. The van der Waals surface area contributed by atoms with E-state index in [4.69, 9.17) is 5.11 Å². The van der Waals surface area contributed by atoms with Crippen LogP contribution in [-0.4, -0.2) is 15.6 Å². The third-order valence-electron chi connectivity index (χ3n) is 2.22. The van der Waals surface area contributed by atoms with Gasteiger partial charge < -0.3 is 9.67 Å². The summed E-state index contributed by atoms with van der Waals surface area (Å²) in [5.41, 5.74) is 1.24. The number of fused-ring (bicyclic) bond motifs is 1. The zero-order chi connectivity index (χ0) is 10.3. The fourth-order valence-electron chi connectivity index (χ4n) is 1.56. The van der Waals surface area contributed by atoms with Crippen molar-refractivity contribution in [1.82, 2.24) is 4.57 Å². The van der Waals surface area contributed by atoms with Gasteiger partial charge in [0.25, 0.3) is 0 Å². The van der Waals surface area contributed by atoms with Crippen LogP contribution in [0, 0.1) is 0 Å². The molecule has 1 heterocycles. The zero-order valence-electron chi connectivity index (χ0n) is 7.49. The average molecular weight is 254 g/mol. The van der Waals surface area contributed by atoms with Gasteiger partial charge in [0, 0.05) is 23.1 Å². The molecule has 0 fully saturated rings. The van der Waals surface area contributed by atoms with Gasteiger partial charge >= 0.3 is 5.97 Å². The van der Waals surface area contributed by atoms with E-state index in [-0.39, 0.29) is 0 Å². The van der Waals surface area contributed by atoms with Crippen LogP contribution in [0.25, 0.3) is 10.9 Å². The number of benzene rings is 1. The highest BCUT2D eigenvalue weighted by atomic mass is 79.9. The number of hydrogen-bond donors (Lipinski definition) is 1. The molecule has 0 amide bonds. The van der Waals surface area contributed by atoms with Crippen molar-refractivity contribution in [2.75, 3.05) is 0 Å². The van der Waals surface area contributed by atoms with Crippen LogP contribution in [0.1, 0.15) is 10.4 Å². The van der Waals surface area contributed by atoms with Gasteiger partial charge in [0.05, 0.1) is 11.1 Å². The van der Waals surface area contributed by atoms with Gasteiger partial charge in [-0.15, -0.1) is 0 Å². The monoisotopic (exact) mass is 253 g/mol. The Morgan fingerprint density at radius 2 is 2.14 bits per heavy atom. The minimum Gasteiger partial charge on any atom is -0.478 e. The van der Waals surface area contributed by atoms with E-state index in [0.29, 0.717) is 5.56 Å². The molecule has 0 saturated heterocycles. The largest absolute Gasteiger partial charge is 0.478 e. The number of aromatic nitrogens is 1. The van der Waals surface area contributed by atoms with E-state index >= 15 is 0 Å². The predicted octanol–water partition coefficient (Wildman–Crippen LogP) is 2.64. The van der Waals surface area contributed by atoms with Crippen LogP contribution in [0.2, 0.25) is 0 Å². The molecule has 0 aliphatic carbocycles. The lowest BCUT2D eigenvalue weighted by Gasteiger charge is -2.02.